The molecule has 192 valence electrons. The molecule has 2 saturated heterocycles. The second-order valence-electron chi connectivity index (χ2n) is 11.2. The van der Waals surface area contributed by atoms with Crippen LogP contribution in [0.1, 0.15) is 83.3 Å². The normalized spacial score (nSPS) is 31.3. The molecular weight excluding hydrogens is 434 g/mol. The fraction of sp³-hybridized carbons (Fsp3) is 0.700. The number of hydrogen-bond acceptors (Lipinski definition) is 4. The second kappa shape index (κ2) is 9.46. The van der Waals surface area contributed by atoms with Crippen molar-refractivity contribution in [3.05, 3.63) is 34.9 Å². The average Bonchev–Trinajstić information content (AvgIpc) is 3.10. The number of nitrogens with zero attached hydrogens (tertiary/aromatic N) is 3. The Morgan fingerprint density at radius 1 is 1.20 bits per heavy atom. The quantitative estimate of drug-likeness (QED) is 0.550. The highest BCUT2D eigenvalue weighted by Crippen LogP contribution is 2.65. The summed E-state index contributed by atoms with van der Waals surface area (Å²) in [7, 11) is 3.96. The van der Waals surface area contributed by atoms with Crippen LogP contribution in [0.15, 0.2) is 23.8 Å². The highest BCUT2D eigenvalue weighted by atomic mass is 16.5. The average molecular weight is 480 g/mol. The number of amides is 1. The predicted molar refractivity (Wildman–Crippen MR) is 142 cm³/mol. The number of hydrogen-bond donors (Lipinski definition) is 0. The molecule has 1 amide bonds. The van der Waals surface area contributed by atoms with E-state index in [1.54, 1.807) is 12.7 Å². The van der Waals surface area contributed by atoms with Gasteiger partial charge in [0.25, 0.3) is 0 Å². The Balaban J connectivity index is 0.00000124. The summed E-state index contributed by atoms with van der Waals surface area (Å²) in [6.45, 7) is 12.5. The minimum Gasteiger partial charge on any atom is -0.497 e. The van der Waals surface area contributed by atoms with Crippen LogP contribution in [0.25, 0.3) is 5.70 Å². The zero-order chi connectivity index (χ0) is 24.9. The molecule has 0 radical (unpaired) electrons. The third kappa shape index (κ3) is 3.80. The van der Waals surface area contributed by atoms with E-state index in [2.05, 4.69) is 53.8 Å². The van der Waals surface area contributed by atoms with Crippen molar-refractivity contribution in [1.82, 2.24) is 14.7 Å². The first kappa shape index (κ1) is 24.7. The van der Waals surface area contributed by atoms with Gasteiger partial charge in [-0.1, -0.05) is 34.1 Å². The Labute approximate surface area is 212 Å². The number of carbonyl (C=O) groups is 1. The molecule has 1 aliphatic carbocycles. The minimum absolute atomic E-state index is 0.256. The van der Waals surface area contributed by atoms with Gasteiger partial charge in [-0.25, -0.2) is 0 Å². The summed E-state index contributed by atoms with van der Waals surface area (Å²) in [6.07, 6.45) is 6.97. The summed E-state index contributed by atoms with van der Waals surface area (Å²) in [4.78, 5) is 21.5. The first-order valence-corrected chi connectivity index (χ1v) is 14.2. The molecule has 5 nitrogen and oxygen atoms in total. The lowest BCUT2D eigenvalue weighted by Crippen LogP contribution is -2.51. The van der Waals surface area contributed by atoms with Gasteiger partial charge in [-0.15, -0.1) is 0 Å². The third-order valence-electron chi connectivity index (χ3n) is 9.53. The molecular formula is C30H45N3O2. The van der Waals surface area contributed by atoms with Crippen LogP contribution in [-0.4, -0.2) is 73.0 Å². The molecule has 0 spiro atoms. The summed E-state index contributed by atoms with van der Waals surface area (Å²) >= 11 is 0. The molecule has 4 aliphatic heterocycles. The fourth-order valence-electron chi connectivity index (χ4n) is 7.67. The van der Waals surface area contributed by atoms with Crippen LogP contribution in [0, 0.1) is 11.3 Å². The molecule has 1 saturated carbocycles. The zero-order valence-corrected chi connectivity index (χ0v) is 22.8. The number of rotatable bonds is 6. The molecule has 0 N–H and O–H groups in total. The Kier molecular flexibility index (Phi) is 6.67. The van der Waals surface area contributed by atoms with Crippen molar-refractivity contribution in [2.24, 2.45) is 11.3 Å². The molecule has 0 aromatic heterocycles. The van der Waals surface area contributed by atoms with Gasteiger partial charge in [-0.3, -0.25) is 9.69 Å². The molecule has 5 atom stereocenters. The van der Waals surface area contributed by atoms with Gasteiger partial charge >= 0.3 is 0 Å². The van der Waals surface area contributed by atoms with Gasteiger partial charge in [-0.05, 0) is 74.4 Å². The summed E-state index contributed by atoms with van der Waals surface area (Å²) < 4.78 is 5.65. The van der Waals surface area contributed by atoms with Crippen LogP contribution in [0.5, 0.6) is 5.75 Å². The van der Waals surface area contributed by atoms with Crippen molar-refractivity contribution in [2.45, 2.75) is 84.2 Å². The molecule has 3 fully saturated rings. The highest BCUT2D eigenvalue weighted by molar-refractivity contribution is 5.91. The Morgan fingerprint density at radius 2 is 2.00 bits per heavy atom. The zero-order valence-electron chi connectivity index (χ0n) is 22.8. The predicted octanol–water partition coefficient (Wildman–Crippen LogP) is 5.37. The van der Waals surface area contributed by atoms with Crippen molar-refractivity contribution in [1.29, 1.82) is 0 Å². The van der Waals surface area contributed by atoms with Gasteiger partial charge in [0.05, 0.1) is 12.5 Å². The molecule has 5 aliphatic rings. The number of benzene rings is 1. The van der Waals surface area contributed by atoms with E-state index in [1.165, 1.54) is 36.1 Å². The lowest BCUT2D eigenvalue weighted by atomic mass is 9.87. The van der Waals surface area contributed by atoms with Crippen LogP contribution < -0.4 is 4.74 Å². The molecule has 1 aromatic rings. The summed E-state index contributed by atoms with van der Waals surface area (Å²) in [5.74, 6) is 2.31. The maximum absolute atomic E-state index is 14.2. The van der Waals surface area contributed by atoms with Gasteiger partial charge in [0.15, 0.2) is 0 Å². The fourth-order valence-corrected chi connectivity index (χ4v) is 7.67. The Hall–Kier alpha value is -2.01. The molecule has 35 heavy (non-hydrogen) atoms. The highest BCUT2D eigenvalue weighted by Gasteiger charge is 2.66. The van der Waals surface area contributed by atoms with Crippen molar-refractivity contribution in [2.75, 3.05) is 40.3 Å². The summed E-state index contributed by atoms with van der Waals surface area (Å²) in [5, 5.41) is 0. The lowest BCUT2D eigenvalue weighted by Gasteiger charge is -2.36. The van der Waals surface area contributed by atoms with Crippen molar-refractivity contribution < 1.29 is 9.53 Å². The van der Waals surface area contributed by atoms with E-state index >= 15 is 0 Å². The number of carbonyl (C=O) groups excluding carboxylic acids is 1. The van der Waals surface area contributed by atoms with Gasteiger partial charge in [-0.2, -0.15) is 0 Å². The van der Waals surface area contributed by atoms with Crippen LogP contribution in [0.2, 0.25) is 0 Å². The molecule has 5 heteroatoms. The minimum atomic E-state index is -0.256. The van der Waals surface area contributed by atoms with E-state index in [0.717, 1.165) is 51.2 Å². The number of likely N-dealkylation sites (tertiary alicyclic amines) is 2. The summed E-state index contributed by atoms with van der Waals surface area (Å²) in [6, 6.07) is 7.61. The summed E-state index contributed by atoms with van der Waals surface area (Å²) in [5.41, 5.74) is 5.56. The first-order valence-electron chi connectivity index (χ1n) is 14.2. The SMILES string of the molecule is CC.CCCC(CC)C1=C2c3ccc(OC)cc3C3CC3(C(=O)N3C[C@H]4C[C@@H]3CN4C)CN2CC1. The van der Waals surface area contributed by atoms with Crippen LogP contribution in [0.4, 0.5) is 0 Å². The van der Waals surface area contributed by atoms with E-state index in [0.29, 0.717) is 29.8 Å². The lowest BCUT2D eigenvalue weighted by molar-refractivity contribution is -0.140. The largest absolute Gasteiger partial charge is 0.497 e. The maximum atomic E-state index is 14.2. The van der Waals surface area contributed by atoms with Gasteiger partial charge in [0, 0.05) is 55.4 Å². The van der Waals surface area contributed by atoms with Gasteiger partial charge in [0.2, 0.25) is 5.91 Å². The number of methoxy groups -OCH3 is 1. The molecule has 6 rings (SSSR count). The first-order chi connectivity index (χ1) is 17.0. The van der Waals surface area contributed by atoms with E-state index in [-0.39, 0.29) is 5.41 Å². The number of fused-ring (bicyclic) bond motifs is 7. The smallest absolute Gasteiger partial charge is 0.231 e. The van der Waals surface area contributed by atoms with E-state index in [4.69, 9.17) is 4.74 Å². The molecule has 1 aromatic carbocycles. The third-order valence-corrected chi connectivity index (χ3v) is 9.53. The Morgan fingerprint density at radius 3 is 2.63 bits per heavy atom. The van der Waals surface area contributed by atoms with E-state index in [1.807, 2.05) is 13.8 Å². The van der Waals surface area contributed by atoms with Crippen molar-refractivity contribution in [3.63, 3.8) is 0 Å². The molecule has 3 unspecified atom stereocenters. The topological polar surface area (TPSA) is 36.0 Å². The van der Waals surface area contributed by atoms with E-state index in [9.17, 15) is 4.79 Å². The van der Waals surface area contributed by atoms with Crippen LogP contribution in [0.3, 0.4) is 0 Å². The maximum Gasteiger partial charge on any atom is 0.231 e. The van der Waals surface area contributed by atoms with E-state index < -0.39 is 0 Å². The van der Waals surface area contributed by atoms with Crippen LogP contribution >= 0.6 is 0 Å². The molecule has 4 heterocycles. The van der Waals surface area contributed by atoms with Crippen LogP contribution in [-0.2, 0) is 4.79 Å². The van der Waals surface area contributed by atoms with Gasteiger partial charge < -0.3 is 14.5 Å². The molecule has 2 bridgehead atoms. The van der Waals surface area contributed by atoms with Crippen molar-refractivity contribution in [3.8, 4) is 5.75 Å². The second-order valence-corrected chi connectivity index (χ2v) is 11.2. The monoisotopic (exact) mass is 479 g/mol. The number of piperazine rings is 1. The van der Waals surface area contributed by atoms with Gasteiger partial charge in [0.1, 0.15) is 5.75 Å². The number of ether oxygens (including phenoxy) is 1. The standard InChI is InChI=1S/C28H39N3O2.C2H6/c1-5-7-18(6-2)22-10-11-30-17-28(27(32)31-16-19-12-20(31)15-29(19)3)14-25(28)24-13-21(33-4)8-9-23(24)26(22)30;1-2/h8-9,13,18-20,25H,5-7,10-12,14-17H2,1-4H3;1-2H3/t18?,19-,20-,25?,28?;/m1./s1. The Bertz CT molecular complexity index is 1000. The number of likely N-dealkylation sites (N-methyl/N-ethyl adjacent to an activating group) is 1. The van der Waals surface area contributed by atoms with Crippen molar-refractivity contribution >= 4 is 11.6 Å².